The van der Waals surface area contributed by atoms with Crippen LogP contribution in [0, 0.1) is 15.5 Å². The number of nitrogens with zero attached hydrogens (tertiary/aromatic N) is 2. The number of nitrogens with one attached hydrogen (secondary N) is 1. The number of anilines is 1. The number of pyridine rings is 1. The maximum atomic E-state index is 11.1. The van der Waals surface area contributed by atoms with Crippen molar-refractivity contribution >= 4 is 22.3 Å². The van der Waals surface area contributed by atoms with E-state index >= 15 is 0 Å². The Morgan fingerprint density at radius 2 is 2.19 bits per heavy atom. The van der Waals surface area contributed by atoms with Gasteiger partial charge in [-0.05, 0) is 42.9 Å². The van der Waals surface area contributed by atoms with Gasteiger partial charge in [-0.15, -0.1) is 0 Å². The minimum atomic E-state index is -0.387. The topological polar surface area (TPSA) is 88.3 Å². The summed E-state index contributed by atoms with van der Waals surface area (Å²) in [5.74, 6) is 0. The first-order chi connectivity index (χ1) is 10.2. The largest absolute Gasteiger partial charge is 0.396 e. The van der Waals surface area contributed by atoms with Gasteiger partial charge in [-0.1, -0.05) is 0 Å². The van der Waals surface area contributed by atoms with Gasteiger partial charge >= 0.3 is 0 Å². The lowest BCUT2D eigenvalue weighted by atomic mass is 10.0. The Hall–Kier alpha value is -2.21. The van der Waals surface area contributed by atoms with E-state index in [1.54, 1.807) is 24.4 Å². The molecule has 0 bridgehead atoms. The van der Waals surface area contributed by atoms with Gasteiger partial charge in [-0.2, -0.15) is 0 Å². The molecule has 1 aromatic carbocycles. The maximum Gasteiger partial charge on any atom is 0.278 e. The molecule has 1 aliphatic rings. The first kappa shape index (κ1) is 13.8. The van der Waals surface area contributed by atoms with Crippen LogP contribution in [0.4, 0.5) is 11.4 Å². The molecule has 1 saturated carbocycles. The van der Waals surface area contributed by atoms with Crippen LogP contribution >= 0.6 is 0 Å². The Morgan fingerprint density at radius 1 is 1.38 bits per heavy atom. The molecular formula is C15H17N3O3. The fourth-order valence-corrected chi connectivity index (χ4v) is 2.67. The normalized spacial score (nSPS) is 15.9. The van der Waals surface area contributed by atoms with Crippen LogP contribution in [0.5, 0.6) is 0 Å². The lowest BCUT2D eigenvalue weighted by molar-refractivity contribution is -0.383. The fourth-order valence-electron chi connectivity index (χ4n) is 2.67. The number of aliphatic hydroxyl groups excluding tert-OH is 1. The lowest BCUT2D eigenvalue weighted by Crippen LogP contribution is -2.17. The van der Waals surface area contributed by atoms with Crippen molar-refractivity contribution < 1.29 is 10.0 Å². The average Bonchev–Trinajstić information content (AvgIpc) is 3.25. The van der Waals surface area contributed by atoms with Crippen molar-refractivity contribution in [1.82, 2.24) is 4.98 Å². The second-order valence-corrected chi connectivity index (χ2v) is 5.62. The molecule has 6 nitrogen and oxygen atoms in total. The Labute approximate surface area is 122 Å². The van der Waals surface area contributed by atoms with E-state index in [-0.39, 0.29) is 22.6 Å². The van der Waals surface area contributed by atoms with E-state index < -0.39 is 0 Å². The number of hydrogen-bond acceptors (Lipinski definition) is 5. The number of benzene rings is 1. The van der Waals surface area contributed by atoms with E-state index in [1.165, 1.54) is 6.07 Å². The number of non-ortho nitro benzene ring substituents is 1. The molecule has 6 heteroatoms. The van der Waals surface area contributed by atoms with Gasteiger partial charge in [0.1, 0.15) is 5.52 Å². The highest BCUT2D eigenvalue weighted by Gasteiger charge is 2.41. The Kier molecular flexibility index (Phi) is 3.47. The molecule has 0 unspecified atom stereocenters. The minimum Gasteiger partial charge on any atom is -0.396 e. The summed E-state index contributed by atoms with van der Waals surface area (Å²) in [5.41, 5.74) is 1.67. The van der Waals surface area contributed by atoms with Crippen molar-refractivity contribution in [2.24, 2.45) is 5.41 Å². The van der Waals surface area contributed by atoms with Gasteiger partial charge in [-0.3, -0.25) is 15.1 Å². The SMILES string of the molecule is O=[N+]([O-])c1ccc(NCC2(CCO)CC2)c2ncccc12. The molecule has 0 amide bonds. The second kappa shape index (κ2) is 5.29. The summed E-state index contributed by atoms with van der Waals surface area (Å²) in [4.78, 5) is 15.0. The van der Waals surface area contributed by atoms with Crippen LogP contribution in [0.1, 0.15) is 19.3 Å². The molecule has 1 aliphatic carbocycles. The monoisotopic (exact) mass is 287 g/mol. The van der Waals surface area contributed by atoms with E-state index in [0.717, 1.165) is 31.5 Å². The molecule has 0 saturated heterocycles. The first-order valence-corrected chi connectivity index (χ1v) is 7.02. The second-order valence-electron chi connectivity index (χ2n) is 5.62. The predicted octanol–water partition coefficient (Wildman–Crippen LogP) is 2.72. The smallest absolute Gasteiger partial charge is 0.278 e. The van der Waals surface area contributed by atoms with E-state index in [0.29, 0.717) is 10.9 Å². The van der Waals surface area contributed by atoms with Gasteiger partial charge in [0.25, 0.3) is 5.69 Å². The minimum absolute atomic E-state index is 0.0696. The molecule has 3 rings (SSSR count). The van der Waals surface area contributed by atoms with Crippen LogP contribution in [0.3, 0.4) is 0 Å². The predicted molar refractivity (Wildman–Crippen MR) is 80.3 cm³/mol. The van der Waals surface area contributed by atoms with Gasteiger partial charge in [0.2, 0.25) is 0 Å². The molecule has 0 aliphatic heterocycles. The summed E-state index contributed by atoms with van der Waals surface area (Å²) in [7, 11) is 0. The number of nitro groups is 1. The van der Waals surface area contributed by atoms with E-state index in [1.807, 2.05) is 0 Å². The molecule has 110 valence electrons. The summed E-state index contributed by atoms with van der Waals surface area (Å²) in [6.07, 6.45) is 4.65. The number of aromatic nitrogens is 1. The van der Waals surface area contributed by atoms with Crippen LogP contribution in [-0.2, 0) is 0 Å². The third-order valence-corrected chi connectivity index (χ3v) is 4.20. The van der Waals surface area contributed by atoms with Gasteiger partial charge in [0.15, 0.2) is 0 Å². The fraction of sp³-hybridized carbons (Fsp3) is 0.400. The molecule has 0 spiro atoms. The van der Waals surface area contributed by atoms with E-state index in [9.17, 15) is 10.1 Å². The van der Waals surface area contributed by atoms with Crippen LogP contribution in [0.15, 0.2) is 30.5 Å². The molecule has 2 N–H and O–H groups in total. The number of fused-ring (bicyclic) bond motifs is 1. The van der Waals surface area contributed by atoms with E-state index in [2.05, 4.69) is 10.3 Å². The Balaban J connectivity index is 1.89. The third kappa shape index (κ3) is 2.67. The standard InChI is InChI=1S/C15H17N3O3/c19-9-7-15(5-6-15)10-17-12-3-4-13(18(20)21)11-2-1-8-16-14(11)12/h1-4,8,17,19H,5-7,9-10H2. The van der Waals surface area contributed by atoms with Crippen LogP contribution in [-0.4, -0.2) is 28.2 Å². The zero-order chi connectivity index (χ0) is 14.9. The molecular weight excluding hydrogens is 270 g/mol. The van der Waals surface area contributed by atoms with Crippen LogP contribution < -0.4 is 5.32 Å². The zero-order valence-corrected chi connectivity index (χ0v) is 11.6. The Bertz CT molecular complexity index is 683. The average molecular weight is 287 g/mol. The van der Waals surface area contributed by atoms with Gasteiger partial charge in [-0.25, -0.2) is 0 Å². The van der Waals surface area contributed by atoms with Crippen molar-refractivity contribution in [2.75, 3.05) is 18.5 Å². The highest BCUT2D eigenvalue weighted by atomic mass is 16.6. The first-order valence-electron chi connectivity index (χ1n) is 7.02. The Morgan fingerprint density at radius 3 is 2.86 bits per heavy atom. The summed E-state index contributed by atoms with van der Waals surface area (Å²) in [6.45, 7) is 0.956. The van der Waals surface area contributed by atoms with Gasteiger partial charge in [0, 0.05) is 25.4 Å². The molecule has 0 atom stereocenters. The molecule has 21 heavy (non-hydrogen) atoms. The van der Waals surface area contributed by atoms with Gasteiger partial charge < -0.3 is 10.4 Å². The van der Waals surface area contributed by atoms with E-state index in [4.69, 9.17) is 5.11 Å². The maximum absolute atomic E-state index is 11.1. The van der Waals surface area contributed by atoms with Crippen LogP contribution in [0.2, 0.25) is 0 Å². The lowest BCUT2D eigenvalue weighted by Gasteiger charge is -2.16. The molecule has 1 heterocycles. The number of aliphatic hydroxyl groups is 1. The number of nitro benzene ring substituents is 1. The quantitative estimate of drug-likeness (QED) is 0.630. The van der Waals surface area contributed by atoms with Crippen molar-refractivity contribution in [1.29, 1.82) is 0 Å². The third-order valence-electron chi connectivity index (χ3n) is 4.20. The van der Waals surface area contributed by atoms with Gasteiger partial charge in [0.05, 0.1) is 16.0 Å². The van der Waals surface area contributed by atoms with Crippen LogP contribution in [0.25, 0.3) is 10.9 Å². The van der Waals surface area contributed by atoms with Crippen molar-refractivity contribution in [2.45, 2.75) is 19.3 Å². The number of rotatable bonds is 6. The van der Waals surface area contributed by atoms with Crippen molar-refractivity contribution in [3.05, 3.63) is 40.6 Å². The summed E-state index contributed by atoms with van der Waals surface area (Å²) < 4.78 is 0. The highest BCUT2D eigenvalue weighted by molar-refractivity contribution is 5.96. The molecule has 1 aromatic heterocycles. The molecule has 0 radical (unpaired) electrons. The highest BCUT2D eigenvalue weighted by Crippen LogP contribution is 2.48. The summed E-state index contributed by atoms with van der Waals surface area (Å²) in [6, 6.07) is 6.64. The van der Waals surface area contributed by atoms with Crippen molar-refractivity contribution in [3.63, 3.8) is 0 Å². The van der Waals surface area contributed by atoms with Crippen molar-refractivity contribution in [3.8, 4) is 0 Å². The summed E-state index contributed by atoms with van der Waals surface area (Å²) in [5, 5.41) is 24.0. The number of hydrogen-bond donors (Lipinski definition) is 2. The zero-order valence-electron chi connectivity index (χ0n) is 11.6. The molecule has 1 fully saturated rings. The summed E-state index contributed by atoms with van der Waals surface area (Å²) >= 11 is 0. The molecule has 2 aromatic rings.